The van der Waals surface area contributed by atoms with Crippen molar-refractivity contribution >= 4 is 17.3 Å². The Morgan fingerprint density at radius 3 is 2.45 bits per heavy atom. The van der Waals surface area contributed by atoms with E-state index in [1.54, 1.807) is 29.7 Å². The van der Waals surface area contributed by atoms with Gasteiger partial charge in [0.15, 0.2) is 5.82 Å². The number of rotatable bonds is 10. The van der Waals surface area contributed by atoms with Gasteiger partial charge in [-0.25, -0.2) is 9.97 Å². The van der Waals surface area contributed by atoms with E-state index in [2.05, 4.69) is 16.4 Å². The second-order valence-electron chi connectivity index (χ2n) is 8.42. The zero-order valence-corrected chi connectivity index (χ0v) is 23.7. The van der Waals surface area contributed by atoms with Gasteiger partial charge in [-0.2, -0.15) is 0 Å². The Hall–Kier alpha value is -3.33. The second-order valence-corrected chi connectivity index (χ2v) is 9.40. The van der Waals surface area contributed by atoms with Crippen molar-refractivity contribution in [3.63, 3.8) is 0 Å². The van der Waals surface area contributed by atoms with Gasteiger partial charge in [0, 0.05) is 23.2 Å². The maximum atomic E-state index is 11.2. The van der Waals surface area contributed by atoms with Gasteiger partial charge in [-0.3, -0.25) is 0 Å². The van der Waals surface area contributed by atoms with Crippen LogP contribution >= 0.6 is 11.3 Å². The van der Waals surface area contributed by atoms with Gasteiger partial charge in [0.25, 0.3) is 0 Å². The summed E-state index contributed by atoms with van der Waals surface area (Å²) in [5, 5.41) is 16.8. The maximum Gasteiger partial charge on any atom is 1.00 e. The number of nitrogens with one attached hydrogen (secondary N) is 1. The van der Waals surface area contributed by atoms with E-state index in [4.69, 9.17) is 9.72 Å². The maximum absolute atomic E-state index is 11.2. The summed E-state index contributed by atoms with van der Waals surface area (Å²) in [7, 11) is 0. The van der Waals surface area contributed by atoms with Crippen molar-refractivity contribution in [1.82, 2.24) is 15.3 Å². The molecule has 3 aromatic carbocycles. The molecule has 0 aliphatic carbocycles. The first kappa shape index (κ1) is 27.7. The van der Waals surface area contributed by atoms with E-state index in [0.717, 1.165) is 33.0 Å². The molecule has 1 unspecified atom stereocenters. The van der Waals surface area contributed by atoms with Gasteiger partial charge in [0.1, 0.15) is 12.4 Å². The number of aromatic nitrogens is 2. The SMILES string of the molecule is O=C([O-])c1cccc(CNC(c2ccnc(-c3ccc(OCc4ccccc4)cc3)n2)c2cccs2)c1.[Na+]. The van der Waals surface area contributed by atoms with Crippen molar-refractivity contribution in [3.8, 4) is 17.1 Å². The van der Waals surface area contributed by atoms with Crippen LogP contribution < -0.4 is 44.7 Å². The Bertz CT molecular complexity index is 1460. The number of thiophene rings is 1. The Kier molecular flexibility index (Phi) is 9.81. The molecule has 0 radical (unpaired) electrons. The van der Waals surface area contributed by atoms with Crippen LogP contribution in [0.3, 0.4) is 0 Å². The monoisotopic (exact) mass is 529 g/mol. The van der Waals surface area contributed by atoms with Crippen LogP contribution in [0.15, 0.2) is 109 Å². The molecule has 0 amide bonds. The van der Waals surface area contributed by atoms with Gasteiger partial charge in [0.05, 0.1) is 17.7 Å². The summed E-state index contributed by atoms with van der Waals surface area (Å²) < 4.78 is 5.90. The average molecular weight is 530 g/mol. The van der Waals surface area contributed by atoms with Crippen molar-refractivity contribution in [1.29, 1.82) is 0 Å². The molecule has 0 aliphatic rings. The fourth-order valence-corrected chi connectivity index (χ4v) is 4.76. The molecule has 184 valence electrons. The summed E-state index contributed by atoms with van der Waals surface area (Å²) in [6.45, 7) is 0.975. The summed E-state index contributed by atoms with van der Waals surface area (Å²) in [6, 6.07) is 30.3. The van der Waals surface area contributed by atoms with Gasteiger partial charge in [0.2, 0.25) is 0 Å². The molecular weight excluding hydrogens is 505 g/mol. The van der Waals surface area contributed by atoms with Crippen LogP contribution in [0.25, 0.3) is 11.4 Å². The van der Waals surface area contributed by atoms with Gasteiger partial charge in [-0.1, -0.05) is 54.6 Å². The predicted molar refractivity (Wildman–Crippen MR) is 142 cm³/mol. The molecule has 2 heterocycles. The number of aromatic carboxylic acids is 1. The average Bonchev–Trinajstić information content (AvgIpc) is 3.48. The normalized spacial score (nSPS) is 11.4. The van der Waals surface area contributed by atoms with E-state index in [1.165, 1.54) is 6.07 Å². The van der Waals surface area contributed by atoms with E-state index < -0.39 is 5.97 Å². The number of benzene rings is 3. The van der Waals surface area contributed by atoms with Crippen LogP contribution in [0.2, 0.25) is 0 Å². The molecule has 1 N–H and O–H groups in total. The number of hydrogen-bond donors (Lipinski definition) is 1. The summed E-state index contributed by atoms with van der Waals surface area (Å²) in [5.41, 5.74) is 3.84. The molecule has 2 aromatic heterocycles. The van der Waals surface area contributed by atoms with Crippen molar-refractivity contribution in [2.45, 2.75) is 19.2 Å². The number of ether oxygens (including phenoxy) is 1. The number of nitrogens with zero attached hydrogens (tertiary/aromatic N) is 2. The van der Waals surface area contributed by atoms with E-state index >= 15 is 0 Å². The molecule has 5 aromatic rings. The molecule has 0 fully saturated rings. The molecule has 0 saturated heterocycles. The van der Waals surface area contributed by atoms with Gasteiger partial charge in [-0.15, -0.1) is 11.3 Å². The van der Waals surface area contributed by atoms with Gasteiger partial charge < -0.3 is 20.0 Å². The molecule has 38 heavy (non-hydrogen) atoms. The molecular formula is C30H24N3NaO3S. The van der Waals surface area contributed by atoms with Crippen LogP contribution in [0, 0.1) is 0 Å². The minimum Gasteiger partial charge on any atom is -0.545 e. The summed E-state index contributed by atoms with van der Waals surface area (Å²) in [4.78, 5) is 21.7. The molecule has 8 heteroatoms. The quantitative estimate of drug-likeness (QED) is 0.279. The van der Waals surface area contributed by atoms with Crippen molar-refractivity contribution in [2.75, 3.05) is 0 Å². The zero-order chi connectivity index (χ0) is 25.5. The Morgan fingerprint density at radius 1 is 0.921 bits per heavy atom. The van der Waals surface area contributed by atoms with Crippen LogP contribution in [0.4, 0.5) is 0 Å². The summed E-state index contributed by atoms with van der Waals surface area (Å²) in [5.74, 6) is 0.212. The first-order valence-corrected chi connectivity index (χ1v) is 12.7. The number of hydrogen-bond acceptors (Lipinski definition) is 7. The Morgan fingerprint density at radius 2 is 1.71 bits per heavy atom. The standard InChI is InChI=1S/C30H25N3O3S.Na/c34-30(35)24-9-4-8-22(18-24)19-32-28(27-10-5-17-37-27)26-15-16-31-29(33-26)23-11-13-25(14-12-23)36-20-21-6-2-1-3-7-21;/h1-18,28,32H,19-20H2,(H,34,35);/q;+1/p-1. The molecule has 1 atom stereocenters. The first-order chi connectivity index (χ1) is 18.2. The number of carbonyl (C=O) groups is 1. The molecule has 0 saturated carbocycles. The van der Waals surface area contributed by atoms with Crippen LogP contribution in [0.5, 0.6) is 5.75 Å². The smallest absolute Gasteiger partial charge is 0.545 e. The van der Waals surface area contributed by atoms with Crippen LogP contribution in [-0.4, -0.2) is 15.9 Å². The third kappa shape index (κ3) is 7.16. The van der Waals surface area contributed by atoms with Crippen molar-refractivity contribution in [3.05, 3.63) is 136 Å². The summed E-state index contributed by atoms with van der Waals surface area (Å²) >= 11 is 1.63. The second kappa shape index (κ2) is 13.5. The molecule has 6 nitrogen and oxygen atoms in total. The van der Waals surface area contributed by atoms with Crippen LogP contribution in [0.1, 0.15) is 38.1 Å². The van der Waals surface area contributed by atoms with Gasteiger partial charge >= 0.3 is 29.6 Å². The van der Waals surface area contributed by atoms with Crippen LogP contribution in [-0.2, 0) is 13.2 Å². The minimum atomic E-state index is -1.19. The van der Waals surface area contributed by atoms with Gasteiger partial charge in [-0.05, 0) is 64.5 Å². The third-order valence-corrected chi connectivity index (χ3v) is 6.77. The topological polar surface area (TPSA) is 87.2 Å². The molecule has 0 spiro atoms. The predicted octanol–water partition coefficient (Wildman–Crippen LogP) is 2.03. The fraction of sp³-hybridized carbons (Fsp3) is 0.100. The van der Waals surface area contributed by atoms with Crippen molar-refractivity contribution < 1.29 is 44.2 Å². The molecule has 0 aliphatic heterocycles. The zero-order valence-electron chi connectivity index (χ0n) is 20.9. The third-order valence-electron chi connectivity index (χ3n) is 5.83. The van der Waals surface area contributed by atoms with E-state index in [-0.39, 0.29) is 41.2 Å². The van der Waals surface area contributed by atoms with E-state index in [0.29, 0.717) is 19.0 Å². The first-order valence-electron chi connectivity index (χ1n) is 11.8. The Labute approximate surface area is 247 Å². The van der Waals surface area contributed by atoms with Crippen molar-refractivity contribution in [2.24, 2.45) is 0 Å². The molecule has 5 rings (SSSR count). The number of carbonyl (C=O) groups excluding carboxylic acids is 1. The number of carboxylic acid groups (broad SMARTS) is 1. The fourth-order valence-electron chi connectivity index (χ4n) is 3.95. The van der Waals surface area contributed by atoms with E-state index in [9.17, 15) is 9.90 Å². The Balaban J connectivity index is 0.00000336. The van der Waals surface area contributed by atoms with E-state index in [1.807, 2.05) is 78.2 Å². The number of carboxylic acids is 1. The minimum absolute atomic E-state index is 0. The largest absolute Gasteiger partial charge is 1.00 e. The summed E-state index contributed by atoms with van der Waals surface area (Å²) in [6.07, 6.45) is 1.76. The molecule has 0 bridgehead atoms.